The summed E-state index contributed by atoms with van der Waals surface area (Å²) in [6.45, 7) is 6.21. The number of unbranched alkanes of at least 4 members (excludes halogenated alkanes) is 2. The maximum absolute atomic E-state index is 13.1. The molecule has 0 bridgehead atoms. The van der Waals surface area contributed by atoms with Crippen molar-refractivity contribution in [1.82, 2.24) is 19.3 Å². The van der Waals surface area contributed by atoms with E-state index >= 15 is 0 Å². The molecule has 1 amide bonds. The highest BCUT2D eigenvalue weighted by Crippen LogP contribution is 2.11. The molecular formula is C22H29N5O3. The van der Waals surface area contributed by atoms with Crippen molar-refractivity contribution in [3.05, 3.63) is 51.9 Å². The van der Waals surface area contributed by atoms with Gasteiger partial charge in [0.15, 0.2) is 0 Å². The predicted octanol–water partition coefficient (Wildman–Crippen LogP) is 2.48. The number of fused-ring (bicyclic) bond motifs is 2. The van der Waals surface area contributed by atoms with Gasteiger partial charge in [-0.1, -0.05) is 25.8 Å². The predicted molar refractivity (Wildman–Crippen MR) is 116 cm³/mol. The molecule has 0 saturated carbocycles. The summed E-state index contributed by atoms with van der Waals surface area (Å²) < 4.78 is 8.44. The first-order chi connectivity index (χ1) is 14.6. The van der Waals surface area contributed by atoms with E-state index in [9.17, 15) is 9.59 Å². The SMILES string of the molecule is CCCCCn1c(=N)c(C(=O)NCCCOCC)cc2c(=O)n3ccccc3nc21. The van der Waals surface area contributed by atoms with Gasteiger partial charge < -0.3 is 14.6 Å². The molecule has 0 aromatic carbocycles. The van der Waals surface area contributed by atoms with E-state index in [2.05, 4.69) is 17.2 Å². The fourth-order valence-electron chi connectivity index (χ4n) is 3.41. The minimum atomic E-state index is -0.361. The van der Waals surface area contributed by atoms with E-state index in [0.29, 0.717) is 49.4 Å². The van der Waals surface area contributed by atoms with Gasteiger partial charge in [-0.05, 0) is 38.0 Å². The van der Waals surface area contributed by atoms with Gasteiger partial charge in [0.1, 0.15) is 16.8 Å². The molecule has 0 unspecified atom stereocenters. The molecule has 0 aliphatic carbocycles. The van der Waals surface area contributed by atoms with Crippen LogP contribution in [0.25, 0.3) is 16.7 Å². The third kappa shape index (κ3) is 4.59. The molecule has 3 aromatic rings. The van der Waals surface area contributed by atoms with Crippen LogP contribution < -0.4 is 16.4 Å². The lowest BCUT2D eigenvalue weighted by Crippen LogP contribution is -2.35. The zero-order chi connectivity index (χ0) is 21.5. The van der Waals surface area contributed by atoms with Gasteiger partial charge in [-0.2, -0.15) is 0 Å². The molecule has 0 spiro atoms. The zero-order valence-electron chi connectivity index (χ0n) is 17.6. The van der Waals surface area contributed by atoms with E-state index in [1.807, 2.05) is 13.0 Å². The minimum absolute atomic E-state index is 0.0769. The molecule has 0 saturated heterocycles. The Morgan fingerprint density at radius 2 is 2.07 bits per heavy atom. The summed E-state index contributed by atoms with van der Waals surface area (Å²) in [5.74, 6) is -0.361. The Balaban J connectivity index is 2.06. The maximum atomic E-state index is 13.1. The number of amides is 1. The van der Waals surface area contributed by atoms with E-state index < -0.39 is 0 Å². The number of pyridine rings is 2. The molecule has 160 valence electrons. The molecule has 0 atom stereocenters. The Morgan fingerprint density at radius 3 is 2.83 bits per heavy atom. The summed E-state index contributed by atoms with van der Waals surface area (Å²) in [7, 11) is 0. The molecule has 0 aliphatic rings. The van der Waals surface area contributed by atoms with Crippen molar-refractivity contribution in [3.63, 3.8) is 0 Å². The maximum Gasteiger partial charge on any atom is 0.267 e. The molecule has 2 N–H and O–H groups in total. The molecule has 30 heavy (non-hydrogen) atoms. The number of hydrogen-bond acceptors (Lipinski definition) is 5. The fourth-order valence-corrected chi connectivity index (χ4v) is 3.41. The van der Waals surface area contributed by atoms with Gasteiger partial charge in [-0.3, -0.25) is 19.4 Å². The smallest absolute Gasteiger partial charge is 0.267 e. The number of rotatable bonds is 10. The van der Waals surface area contributed by atoms with Crippen molar-refractivity contribution in [2.75, 3.05) is 19.8 Å². The van der Waals surface area contributed by atoms with Crippen molar-refractivity contribution in [1.29, 1.82) is 5.41 Å². The average Bonchev–Trinajstić information content (AvgIpc) is 2.75. The van der Waals surface area contributed by atoms with Crippen molar-refractivity contribution >= 4 is 22.6 Å². The number of nitrogens with zero attached hydrogens (tertiary/aromatic N) is 3. The lowest BCUT2D eigenvalue weighted by Gasteiger charge is -2.14. The van der Waals surface area contributed by atoms with Crippen LogP contribution in [0.5, 0.6) is 0 Å². The number of carbonyl (C=O) groups is 1. The quantitative estimate of drug-likeness (QED) is 0.395. The topological polar surface area (TPSA) is 101 Å². The summed E-state index contributed by atoms with van der Waals surface area (Å²) in [5.41, 5.74) is 0.982. The second-order valence-corrected chi connectivity index (χ2v) is 7.15. The first kappa shape index (κ1) is 21.7. The Morgan fingerprint density at radius 1 is 1.23 bits per heavy atom. The van der Waals surface area contributed by atoms with E-state index in [-0.39, 0.29) is 22.5 Å². The van der Waals surface area contributed by atoms with E-state index in [0.717, 1.165) is 19.3 Å². The number of aryl methyl sites for hydroxylation is 1. The van der Waals surface area contributed by atoms with Gasteiger partial charge >= 0.3 is 0 Å². The first-order valence-corrected chi connectivity index (χ1v) is 10.5. The van der Waals surface area contributed by atoms with Crippen LogP contribution in [-0.4, -0.2) is 39.6 Å². The summed E-state index contributed by atoms with van der Waals surface area (Å²) in [4.78, 5) is 30.5. The number of nitrogens with one attached hydrogen (secondary N) is 2. The molecule has 3 aromatic heterocycles. The van der Waals surface area contributed by atoms with Gasteiger partial charge in [-0.15, -0.1) is 0 Å². The highest BCUT2D eigenvalue weighted by Gasteiger charge is 2.17. The van der Waals surface area contributed by atoms with E-state index in [1.165, 1.54) is 10.5 Å². The Hall–Kier alpha value is -3.00. The number of aromatic nitrogens is 3. The fraction of sp³-hybridized carbons (Fsp3) is 0.455. The molecule has 8 heteroatoms. The monoisotopic (exact) mass is 411 g/mol. The third-order valence-electron chi connectivity index (χ3n) is 5.00. The van der Waals surface area contributed by atoms with Crippen LogP contribution in [0.1, 0.15) is 49.9 Å². The van der Waals surface area contributed by atoms with Crippen LogP contribution in [-0.2, 0) is 11.3 Å². The molecule has 3 heterocycles. The molecule has 0 fully saturated rings. The lowest BCUT2D eigenvalue weighted by molar-refractivity contribution is 0.0942. The lowest BCUT2D eigenvalue weighted by atomic mass is 10.1. The Labute approximate surface area is 175 Å². The van der Waals surface area contributed by atoms with E-state index in [4.69, 9.17) is 10.1 Å². The second-order valence-electron chi connectivity index (χ2n) is 7.15. The van der Waals surface area contributed by atoms with Gasteiger partial charge in [0, 0.05) is 32.5 Å². The van der Waals surface area contributed by atoms with Crippen LogP contribution in [0, 0.1) is 5.41 Å². The molecular weight excluding hydrogens is 382 g/mol. The highest BCUT2D eigenvalue weighted by molar-refractivity contribution is 5.96. The van der Waals surface area contributed by atoms with Gasteiger partial charge in [0.25, 0.3) is 11.5 Å². The van der Waals surface area contributed by atoms with Gasteiger partial charge in [0.2, 0.25) is 0 Å². The van der Waals surface area contributed by atoms with Gasteiger partial charge in [0.05, 0.1) is 10.9 Å². The Kier molecular flexibility index (Phi) is 7.35. The van der Waals surface area contributed by atoms with Crippen molar-refractivity contribution in [3.8, 4) is 0 Å². The third-order valence-corrected chi connectivity index (χ3v) is 5.00. The van der Waals surface area contributed by atoms with Crippen LogP contribution in [0.4, 0.5) is 0 Å². The standard InChI is InChI=1S/C22H29N5O3/c1-3-5-7-13-27-19(23)16(21(28)24-11-9-14-30-4-2)15-17-20(27)25-18-10-6-8-12-26(18)22(17)29/h6,8,10,12,15,23H,3-5,7,9,11,13-14H2,1-2H3,(H,24,28). The van der Waals surface area contributed by atoms with Crippen LogP contribution in [0.3, 0.4) is 0 Å². The summed E-state index contributed by atoms with van der Waals surface area (Å²) in [6.07, 6.45) is 5.22. The van der Waals surface area contributed by atoms with Crippen LogP contribution >= 0.6 is 0 Å². The second kappa shape index (κ2) is 10.2. The van der Waals surface area contributed by atoms with Crippen molar-refractivity contribution in [2.24, 2.45) is 0 Å². The molecule has 3 rings (SSSR count). The van der Waals surface area contributed by atoms with E-state index in [1.54, 1.807) is 22.9 Å². The minimum Gasteiger partial charge on any atom is -0.382 e. The van der Waals surface area contributed by atoms with Gasteiger partial charge in [-0.25, -0.2) is 4.98 Å². The summed E-state index contributed by atoms with van der Waals surface area (Å²) in [5, 5.41) is 11.8. The number of carbonyl (C=O) groups excluding carboxylic acids is 1. The largest absolute Gasteiger partial charge is 0.382 e. The number of ether oxygens (including phenoxy) is 1. The van der Waals surface area contributed by atoms with Crippen molar-refractivity contribution < 1.29 is 9.53 Å². The summed E-state index contributed by atoms with van der Waals surface area (Å²) in [6, 6.07) is 6.85. The average molecular weight is 412 g/mol. The van der Waals surface area contributed by atoms with Crippen molar-refractivity contribution in [2.45, 2.75) is 46.1 Å². The number of hydrogen-bond donors (Lipinski definition) is 2. The zero-order valence-corrected chi connectivity index (χ0v) is 17.6. The molecule has 0 radical (unpaired) electrons. The van der Waals surface area contributed by atoms with Crippen LogP contribution in [0.2, 0.25) is 0 Å². The normalized spacial score (nSPS) is 11.3. The molecule has 8 nitrogen and oxygen atoms in total. The highest BCUT2D eigenvalue weighted by atomic mass is 16.5. The molecule has 0 aliphatic heterocycles. The summed E-state index contributed by atoms with van der Waals surface area (Å²) >= 11 is 0. The Bertz CT molecular complexity index is 1150. The first-order valence-electron chi connectivity index (χ1n) is 10.5. The van der Waals surface area contributed by atoms with Crippen LogP contribution in [0.15, 0.2) is 35.3 Å².